The molecule has 1 aliphatic carbocycles. The van der Waals surface area contributed by atoms with Crippen molar-refractivity contribution in [2.45, 2.75) is 12.8 Å². The monoisotopic (exact) mass is 171 g/mol. The van der Waals surface area contributed by atoms with E-state index in [1.165, 1.54) is 0 Å². The molecule has 1 heteroatoms. The van der Waals surface area contributed by atoms with Crippen molar-refractivity contribution in [3.05, 3.63) is 54.0 Å². The van der Waals surface area contributed by atoms with E-state index in [2.05, 4.69) is 0 Å². The third-order valence-electron chi connectivity index (χ3n) is 2.35. The number of hydrogen-bond acceptors (Lipinski definition) is 1. The molecule has 0 bridgehead atoms. The standard InChI is InChI=1S/C12H11O/c1-9(13)11-8-4-6-10-5-2-3-7-12(10)11/h2-8,11H,1H3. The Morgan fingerprint density at radius 3 is 2.85 bits per heavy atom. The summed E-state index contributed by atoms with van der Waals surface area (Å²) >= 11 is 0. The first-order chi connectivity index (χ1) is 6.29. The van der Waals surface area contributed by atoms with Crippen molar-refractivity contribution in [3.8, 4) is 0 Å². The number of allylic oxidation sites excluding steroid dienone is 2. The fourth-order valence-corrected chi connectivity index (χ4v) is 1.67. The molecule has 0 aliphatic heterocycles. The second-order valence-electron chi connectivity index (χ2n) is 3.27. The minimum atomic E-state index is -0.0406. The molecule has 0 fully saturated rings. The van der Waals surface area contributed by atoms with Gasteiger partial charge in [-0.3, -0.25) is 4.79 Å². The van der Waals surface area contributed by atoms with Gasteiger partial charge in [0.15, 0.2) is 0 Å². The van der Waals surface area contributed by atoms with Crippen LogP contribution in [0.5, 0.6) is 0 Å². The summed E-state index contributed by atoms with van der Waals surface area (Å²) in [5, 5.41) is 0. The normalized spacial score (nSPS) is 19.6. The number of Topliss-reactive ketones (excluding diaryl/α,β-unsaturated/α-hetero) is 1. The fourth-order valence-electron chi connectivity index (χ4n) is 1.67. The van der Waals surface area contributed by atoms with Crippen molar-refractivity contribution in [1.29, 1.82) is 0 Å². The maximum Gasteiger partial charge on any atom is 0.141 e. The molecule has 1 aromatic rings. The van der Waals surface area contributed by atoms with Crippen LogP contribution in [-0.4, -0.2) is 5.78 Å². The summed E-state index contributed by atoms with van der Waals surface area (Å²) in [7, 11) is 0. The van der Waals surface area contributed by atoms with E-state index in [1.54, 1.807) is 6.92 Å². The van der Waals surface area contributed by atoms with Crippen LogP contribution in [0.2, 0.25) is 0 Å². The third kappa shape index (κ3) is 1.42. The third-order valence-corrected chi connectivity index (χ3v) is 2.35. The van der Waals surface area contributed by atoms with Gasteiger partial charge in [-0.25, -0.2) is 0 Å². The molecule has 2 rings (SSSR count). The van der Waals surface area contributed by atoms with E-state index in [1.807, 2.05) is 42.8 Å². The van der Waals surface area contributed by atoms with Crippen LogP contribution in [0.25, 0.3) is 0 Å². The SMILES string of the molecule is CC(=O)C1C=C[CH]c2ccccc21. The van der Waals surface area contributed by atoms with Crippen molar-refractivity contribution in [1.82, 2.24) is 0 Å². The van der Waals surface area contributed by atoms with Gasteiger partial charge in [-0.2, -0.15) is 0 Å². The van der Waals surface area contributed by atoms with Gasteiger partial charge in [-0.1, -0.05) is 36.4 Å². The molecule has 0 spiro atoms. The Balaban J connectivity index is 2.48. The zero-order valence-corrected chi connectivity index (χ0v) is 7.53. The smallest absolute Gasteiger partial charge is 0.141 e. The van der Waals surface area contributed by atoms with Crippen LogP contribution in [0.1, 0.15) is 24.0 Å². The van der Waals surface area contributed by atoms with Gasteiger partial charge < -0.3 is 0 Å². The molecule has 13 heavy (non-hydrogen) atoms. The molecule has 0 saturated heterocycles. The van der Waals surface area contributed by atoms with Crippen molar-refractivity contribution < 1.29 is 4.79 Å². The molecule has 0 amide bonds. The van der Waals surface area contributed by atoms with Crippen LogP contribution in [-0.2, 0) is 4.79 Å². The Hall–Kier alpha value is -1.37. The number of hydrogen-bond donors (Lipinski definition) is 0. The zero-order chi connectivity index (χ0) is 9.26. The van der Waals surface area contributed by atoms with E-state index in [-0.39, 0.29) is 11.7 Å². The maximum atomic E-state index is 11.3. The van der Waals surface area contributed by atoms with E-state index < -0.39 is 0 Å². The molecular formula is C12H11O. The van der Waals surface area contributed by atoms with Gasteiger partial charge in [0.2, 0.25) is 0 Å². The molecule has 1 radical (unpaired) electrons. The fraction of sp³-hybridized carbons (Fsp3) is 0.167. The molecule has 0 heterocycles. The number of fused-ring (bicyclic) bond motifs is 1. The van der Waals surface area contributed by atoms with E-state index in [9.17, 15) is 4.79 Å². The predicted octanol–water partition coefficient (Wildman–Crippen LogP) is 2.48. The summed E-state index contributed by atoms with van der Waals surface area (Å²) in [5.41, 5.74) is 2.28. The van der Waals surface area contributed by atoms with E-state index in [0.29, 0.717) is 0 Å². The van der Waals surface area contributed by atoms with Gasteiger partial charge in [0, 0.05) is 6.42 Å². The van der Waals surface area contributed by atoms with Crippen LogP contribution in [0, 0.1) is 6.42 Å². The highest BCUT2D eigenvalue weighted by Crippen LogP contribution is 2.27. The largest absolute Gasteiger partial charge is 0.299 e. The number of benzene rings is 1. The number of carbonyl (C=O) groups is 1. The van der Waals surface area contributed by atoms with E-state index in [0.717, 1.165) is 11.1 Å². The minimum Gasteiger partial charge on any atom is -0.299 e. The van der Waals surface area contributed by atoms with Crippen LogP contribution in [0.4, 0.5) is 0 Å². The molecule has 1 aliphatic rings. The van der Waals surface area contributed by atoms with Gasteiger partial charge in [-0.15, -0.1) is 0 Å². The van der Waals surface area contributed by atoms with Crippen molar-refractivity contribution in [2.24, 2.45) is 0 Å². The lowest BCUT2D eigenvalue weighted by atomic mass is 9.86. The van der Waals surface area contributed by atoms with Gasteiger partial charge in [0.25, 0.3) is 0 Å². The average Bonchev–Trinajstić information content (AvgIpc) is 2.17. The first-order valence-electron chi connectivity index (χ1n) is 4.40. The lowest BCUT2D eigenvalue weighted by Crippen LogP contribution is -2.10. The van der Waals surface area contributed by atoms with Gasteiger partial charge in [0.05, 0.1) is 5.92 Å². The molecule has 1 aromatic carbocycles. The highest BCUT2D eigenvalue weighted by atomic mass is 16.1. The summed E-state index contributed by atoms with van der Waals surface area (Å²) in [6, 6.07) is 8.02. The van der Waals surface area contributed by atoms with Crippen LogP contribution >= 0.6 is 0 Å². The molecule has 1 unspecified atom stereocenters. The highest BCUT2D eigenvalue weighted by molar-refractivity contribution is 5.86. The van der Waals surface area contributed by atoms with Crippen molar-refractivity contribution >= 4 is 5.78 Å². The number of ketones is 1. The maximum absolute atomic E-state index is 11.3. The Kier molecular flexibility index (Phi) is 2.01. The topological polar surface area (TPSA) is 17.1 Å². The van der Waals surface area contributed by atoms with Crippen molar-refractivity contribution in [3.63, 3.8) is 0 Å². The summed E-state index contributed by atoms with van der Waals surface area (Å²) < 4.78 is 0. The Morgan fingerprint density at radius 2 is 2.08 bits per heavy atom. The first kappa shape index (κ1) is 8.24. The Labute approximate surface area is 78.1 Å². The van der Waals surface area contributed by atoms with Crippen molar-refractivity contribution in [2.75, 3.05) is 0 Å². The zero-order valence-electron chi connectivity index (χ0n) is 7.53. The summed E-state index contributed by atoms with van der Waals surface area (Å²) in [5.74, 6) is 0.165. The van der Waals surface area contributed by atoms with Gasteiger partial charge in [0.1, 0.15) is 5.78 Å². The summed E-state index contributed by atoms with van der Waals surface area (Å²) in [6.45, 7) is 1.64. The number of carbonyl (C=O) groups excluding carboxylic acids is 1. The second-order valence-corrected chi connectivity index (χ2v) is 3.27. The molecule has 65 valence electrons. The Morgan fingerprint density at radius 1 is 1.31 bits per heavy atom. The Bertz CT molecular complexity index is 363. The van der Waals surface area contributed by atoms with E-state index >= 15 is 0 Å². The number of rotatable bonds is 1. The first-order valence-corrected chi connectivity index (χ1v) is 4.40. The van der Waals surface area contributed by atoms with Crippen LogP contribution in [0.15, 0.2) is 36.4 Å². The summed E-state index contributed by atoms with van der Waals surface area (Å²) in [4.78, 5) is 11.3. The van der Waals surface area contributed by atoms with Gasteiger partial charge >= 0.3 is 0 Å². The predicted molar refractivity (Wildman–Crippen MR) is 52.4 cm³/mol. The van der Waals surface area contributed by atoms with E-state index in [4.69, 9.17) is 0 Å². The molecule has 1 nitrogen and oxygen atoms in total. The molecule has 0 saturated carbocycles. The highest BCUT2D eigenvalue weighted by Gasteiger charge is 2.18. The lowest BCUT2D eigenvalue weighted by Gasteiger charge is -2.17. The lowest BCUT2D eigenvalue weighted by molar-refractivity contribution is -0.117. The summed E-state index contributed by atoms with van der Waals surface area (Å²) in [6.07, 6.45) is 5.94. The second kappa shape index (κ2) is 3.17. The van der Waals surface area contributed by atoms with Crippen LogP contribution < -0.4 is 0 Å². The average molecular weight is 171 g/mol. The van der Waals surface area contributed by atoms with Crippen LogP contribution in [0.3, 0.4) is 0 Å². The molecular weight excluding hydrogens is 160 g/mol. The van der Waals surface area contributed by atoms with Gasteiger partial charge in [-0.05, 0) is 18.1 Å². The minimum absolute atomic E-state index is 0.0406. The quantitative estimate of drug-likeness (QED) is 0.634. The molecule has 0 N–H and O–H groups in total. The molecule has 1 atom stereocenters. The molecule has 0 aromatic heterocycles.